The van der Waals surface area contributed by atoms with Gasteiger partial charge in [-0.15, -0.1) is 0 Å². The van der Waals surface area contributed by atoms with Crippen LogP contribution in [0.1, 0.15) is 30.4 Å². The van der Waals surface area contributed by atoms with E-state index in [-0.39, 0.29) is 12.0 Å². The number of aryl methyl sites for hydroxylation is 1. The van der Waals surface area contributed by atoms with Crippen LogP contribution in [0.25, 0.3) is 0 Å². The lowest BCUT2D eigenvalue weighted by Gasteiger charge is -2.19. The van der Waals surface area contributed by atoms with E-state index in [9.17, 15) is 4.79 Å². The van der Waals surface area contributed by atoms with E-state index < -0.39 is 6.16 Å². The molecule has 1 aliphatic rings. The number of rotatable bonds is 3. The van der Waals surface area contributed by atoms with Crippen LogP contribution in [0.2, 0.25) is 0 Å². The lowest BCUT2D eigenvalue weighted by atomic mass is 9.95. The van der Waals surface area contributed by atoms with Crippen LogP contribution in [0.4, 0.5) is 4.79 Å². The summed E-state index contributed by atoms with van der Waals surface area (Å²) in [6.07, 6.45) is 4.16. The second-order valence-electron chi connectivity index (χ2n) is 4.44. The standard InChI is InChI=1S/C15H18O3/c1-3-17-15(16)18-14-6-4-5-13(14)12-9-7-11(2)8-10-12/h4-5,7-10,13-14H,3,6H2,1-2H3/t13-,14+/m0/s1. The average Bonchev–Trinajstić information content (AvgIpc) is 2.78. The Balaban J connectivity index is 2.05. The minimum absolute atomic E-state index is 0.134. The fourth-order valence-corrected chi connectivity index (χ4v) is 2.14. The van der Waals surface area contributed by atoms with Gasteiger partial charge in [0.1, 0.15) is 6.10 Å². The van der Waals surface area contributed by atoms with E-state index in [0.29, 0.717) is 6.61 Å². The fraction of sp³-hybridized carbons (Fsp3) is 0.400. The van der Waals surface area contributed by atoms with Gasteiger partial charge in [-0.2, -0.15) is 0 Å². The van der Waals surface area contributed by atoms with Crippen LogP contribution in [0.15, 0.2) is 36.4 Å². The molecule has 0 aromatic heterocycles. The van der Waals surface area contributed by atoms with Gasteiger partial charge in [0.2, 0.25) is 0 Å². The van der Waals surface area contributed by atoms with Gasteiger partial charge in [-0.1, -0.05) is 42.0 Å². The van der Waals surface area contributed by atoms with Gasteiger partial charge in [0.15, 0.2) is 0 Å². The van der Waals surface area contributed by atoms with Gasteiger partial charge in [-0.25, -0.2) is 4.79 Å². The third-order valence-corrected chi connectivity index (χ3v) is 3.08. The van der Waals surface area contributed by atoms with Crippen LogP contribution in [0.3, 0.4) is 0 Å². The molecule has 0 bridgehead atoms. The Labute approximate surface area is 107 Å². The summed E-state index contributed by atoms with van der Waals surface area (Å²) < 4.78 is 10.1. The number of hydrogen-bond acceptors (Lipinski definition) is 3. The Hall–Kier alpha value is -1.77. The average molecular weight is 246 g/mol. The number of benzene rings is 1. The summed E-state index contributed by atoms with van der Waals surface area (Å²) in [5, 5.41) is 0. The lowest BCUT2D eigenvalue weighted by molar-refractivity contribution is 0.0253. The first-order valence-corrected chi connectivity index (χ1v) is 6.27. The first-order valence-electron chi connectivity index (χ1n) is 6.27. The molecule has 0 fully saturated rings. The van der Waals surface area contributed by atoms with Gasteiger partial charge in [0, 0.05) is 12.3 Å². The van der Waals surface area contributed by atoms with Crippen molar-refractivity contribution in [2.24, 2.45) is 0 Å². The maximum Gasteiger partial charge on any atom is 0.508 e. The molecule has 0 N–H and O–H groups in total. The molecule has 0 saturated carbocycles. The highest BCUT2D eigenvalue weighted by molar-refractivity contribution is 5.60. The van der Waals surface area contributed by atoms with E-state index in [2.05, 4.69) is 43.3 Å². The summed E-state index contributed by atoms with van der Waals surface area (Å²) in [5.41, 5.74) is 2.40. The first-order chi connectivity index (χ1) is 8.70. The molecule has 2 rings (SSSR count). The molecule has 0 saturated heterocycles. The van der Waals surface area contributed by atoms with E-state index in [1.54, 1.807) is 6.92 Å². The van der Waals surface area contributed by atoms with Crippen molar-refractivity contribution in [2.75, 3.05) is 6.61 Å². The van der Waals surface area contributed by atoms with Crippen molar-refractivity contribution in [3.8, 4) is 0 Å². The van der Waals surface area contributed by atoms with Gasteiger partial charge in [0.25, 0.3) is 0 Å². The summed E-state index contributed by atoms with van der Waals surface area (Å²) >= 11 is 0. The van der Waals surface area contributed by atoms with E-state index in [1.165, 1.54) is 11.1 Å². The Morgan fingerprint density at radius 2 is 2.06 bits per heavy atom. The van der Waals surface area contributed by atoms with Crippen molar-refractivity contribution in [2.45, 2.75) is 32.3 Å². The summed E-state index contributed by atoms with van der Waals surface area (Å²) in [6.45, 7) is 4.17. The monoisotopic (exact) mass is 246 g/mol. The normalized spacial score (nSPS) is 21.9. The van der Waals surface area contributed by atoms with Gasteiger partial charge in [-0.05, 0) is 19.4 Å². The molecule has 0 heterocycles. The number of carbonyl (C=O) groups is 1. The SMILES string of the molecule is CCOC(=O)O[C@@H]1CC=C[C@H]1c1ccc(C)cc1. The highest BCUT2D eigenvalue weighted by Gasteiger charge is 2.28. The zero-order valence-corrected chi connectivity index (χ0v) is 10.8. The number of hydrogen-bond donors (Lipinski definition) is 0. The predicted molar refractivity (Wildman–Crippen MR) is 69.6 cm³/mol. The molecule has 0 spiro atoms. The zero-order valence-electron chi connectivity index (χ0n) is 10.8. The number of carbonyl (C=O) groups excluding carboxylic acids is 1. The molecule has 18 heavy (non-hydrogen) atoms. The van der Waals surface area contributed by atoms with Crippen LogP contribution < -0.4 is 0 Å². The predicted octanol–water partition coefficient (Wildman–Crippen LogP) is 3.58. The summed E-state index contributed by atoms with van der Waals surface area (Å²) in [4.78, 5) is 11.4. The number of ether oxygens (including phenoxy) is 2. The highest BCUT2D eigenvalue weighted by atomic mass is 16.7. The fourth-order valence-electron chi connectivity index (χ4n) is 2.14. The van der Waals surface area contributed by atoms with E-state index in [4.69, 9.17) is 9.47 Å². The second-order valence-corrected chi connectivity index (χ2v) is 4.44. The third-order valence-electron chi connectivity index (χ3n) is 3.08. The molecule has 0 aliphatic heterocycles. The van der Waals surface area contributed by atoms with E-state index >= 15 is 0 Å². The minimum atomic E-state index is -0.580. The molecule has 2 atom stereocenters. The van der Waals surface area contributed by atoms with Gasteiger partial charge in [0.05, 0.1) is 6.61 Å². The molecule has 3 heteroatoms. The maximum atomic E-state index is 11.4. The van der Waals surface area contributed by atoms with Crippen LogP contribution in [-0.2, 0) is 9.47 Å². The second kappa shape index (κ2) is 5.71. The van der Waals surface area contributed by atoms with Crippen molar-refractivity contribution < 1.29 is 14.3 Å². The largest absolute Gasteiger partial charge is 0.508 e. The van der Waals surface area contributed by atoms with Crippen molar-refractivity contribution in [3.63, 3.8) is 0 Å². The molecule has 0 amide bonds. The topological polar surface area (TPSA) is 35.5 Å². The van der Waals surface area contributed by atoms with Crippen LogP contribution >= 0.6 is 0 Å². The van der Waals surface area contributed by atoms with Gasteiger partial charge >= 0.3 is 6.16 Å². The van der Waals surface area contributed by atoms with Crippen molar-refractivity contribution in [1.29, 1.82) is 0 Å². The molecule has 1 aliphatic carbocycles. The lowest BCUT2D eigenvalue weighted by Crippen LogP contribution is -2.22. The van der Waals surface area contributed by atoms with E-state index in [1.807, 2.05) is 0 Å². The quantitative estimate of drug-likeness (QED) is 0.604. The molecule has 0 radical (unpaired) electrons. The molecule has 1 aromatic carbocycles. The molecule has 3 nitrogen and oxygen atoms in total. The Bertz CT molecular complexity index is 434. The van der Waals surface area contributed by atoms with Crippen molar-refractivity contribution >= 4 is 6.16 Å². The van der Waals surface area contributed by atoms with Gasteiger partial charge < -0.3 is 9.47 Å². The van der Waals surface area contributed by atoms with Crippen LogP contribution in [-0.4, -0.2) is 18.9 Å². The molecular formula is C15H18O3. The smallest absolute Gasteiger partial charge is 0.435 e. The van der Waals surface area contributed by atoms with Crippen molar-refractivity contribution in [3.05, 3.63) is 47.5 Å². The highest BCUT2D eigenvalue weighted by Crippen LogP contribution is 2.31. The van der Waals surface area contributed by atoms with Crippen molar-refractivity contribution in [1.82, 2.24) is 0 Å². The molecular weight excluding hydrogens is 228 g/mol. The van der Waals surface area contributed by atoms with Crippen LogP contribution in [0, 0.1) is 6.92 Å². The van der Waals surface area contributed by atoms with Crippen LogP contribution in [0.5, 0.6) is 0 Å². The molecule has 0 unspecified atom stereocenters. The Morgan fingerprint density at radius 3 is 2.72 bits per heavy atom. The van der Waals surface area contributed by atoms with Gasteiger partial charge in [-0.3, -0.25) is 0 Å². The zero-order chi connectivity index (χ0) is 13.0. The third kappa shape index (κ3) is 2.92. The molecule has 96 valence electrons. The summed E-state index contributed by atoms with van der Waals surface area (Å²) in [7, 11) is 0. The van der Waals surface area contributed by atoms with E-state index in [0.717, 1.165) is 6.42 Å². The summed E-state index contributed by atoms with van der Waals surface area (Å²) in [6, 6.07) is 8.31. The molecule has 1 aromatic rings. The Kier molecular flexibility index (Phi) is 4.03. The maximum absolute atomic E-state index is 11.4. The summed E-state index contributed by atoms with van der Waals surface area (Å²) in [5.74, 6) is 0.134. The first kappa shape index (κ1) is 12.7. The Morgan fingerprint density at radius 1 is 1.33 bits per heavy atom. The minimum Gasteiger partial charge on any atom is -0.435 e.